The molecule has 0 saturated heterocycles. The van der Waals surface area contributed by atoms with Gasteiger partial charge in [-0.2, -0.15) is 0 Å². The van der Waals surface area contributed by atoms with Gasteiger partial charge in [0.2, 0.25) is 0 Å². The van der Waals surface area contributed by atoms with Crippen molar-refractivity contribution in [2.24, 2.45) is 0 Å². The first kappa shape index (κ1) is 22.6. The Morgan fingerprint density at radius 2 is 1.81 bits per heavy atom. The average Bonchev–Trinajstić information content (AvgIpc) is 3.58. The van der Waals surface area contributed by atoms with E-state index in [0.717, 1.165) is 61.3 Å². The maximum absolute atomic E-state index is 10.8. The zero-order valence-electron chi connectivity index (χ0n) is 20.6. The van der Waals surface area contributed by atoms with E-state index in [2.05, 4.69) is 57.6 Å². The van der Waals surface area contributed by atoms with Gasteiger partial charge in [-0.3, -0.25) is 4.98 Å². The molecule has 0 spiro atoms. The number of hydrogen-bond donors (Lipinski definition) is 1. The van der Waals surface area contributed by atoms with Crippen molar-refractivity contribution in [3.05, 3.63) is 100.0 Å². The van der Waals surface area contributed by atoms with Crippen LogP contribution >= 0.6 is 11.3 Å². The van der Waals surface area contributed by atoms with Gasteiger partial charge in [0.1, 0.15) is 11.8 Å². The summed E-state index contributed by atoms with van der Waals surface area (Å²) in [5.41, 5.74) is 9.45. The van der Waals surface area contributed by atoms with Crippen molar-refractivity contribution in [3.63, 3.8) is 0 Å². The molecule has 4 aromatic heterocycles. The van der Waals surface area contributed by atoms with Crippen molar-refractivity contribution < 1.29 is 9.63 Å². The van der Waals surface area contributed by atoms with Crippen LogP contribution in [0.4, 0.5) is 0 Å². The van der Waals surface area contributed by atoms with Crippen LogP contribution in [-0.4, -0.2) is 24.8 Å². The molecule has 2 aromatic carbocycles. The number of aliphatic hydroxyl groups is 1. The van der Waals surface area contributed by atoms with Crippen molar-refractivity contribution in [2.45, 2.75) is 39.3 Å². The van der Waals surface area contributed by atoms with Crippen LogP contribution in [0.25, 0.3) is 33.1 Å². The summed E-state index contributed by atoms with van der Waals surface area (Å²) in [6.07, 6.45) is 1.89. The Hall–Kier alpha value is -3.81. The highest BCUT2D eigenvalue weighted by molar-refractivity contribution is 7.07. The van der Waals surface area contributed by atoms with Gasteiger partial charge in [-0.25, -0.2) is 4.98 Å². The number of hydrogen-bond acceptors (Lipinski definition) is 6. The van der Waals surface area contributed by atoms with Crippen molar-refractivity contribution in [2.75, 3.05) is 0 Å². The van der Waals surface area contributed by atoms with Crippen LogP contribution in [0.15, 0.2) is 76.2 Å². The molecule has 0 aliphatic rings. The minimum Gasteiger partial charge on any atom is -0.386 e. The summed E-state index contributed by atoms with van der Waals surface area (Å²) in [4.78, 5) is 9.68. The third-order valence-corrected chi connectivity index (χ3v) is 7.38. The third kappa shape index (κ3) is 3.63. The summed E-state index contributed by atoms with van der Waals surface area (Å²) in [6, 6.07) is 18.5. The van der Waals surface area contributed by atoms with Crippen molar-refractivity contribution in [1.82, 2.24) is 19.7 Å². The van der Waals surface area contributed by atoms with Crippen molar-refractivity contribution >= 4 is 33.3 Å². The van der Waals surface area contributed by atoms with Crippen LogP contribution in [0.1, 0.15) is 48.2 Å². The quantitative estimate of drug-likeness (QED) is 0.286. The second-order valence-corrected chi connectivity index (χ2v) is 10.4. The number of aromatic nitrogens is 4. The first-order chi connectivity index (χ1) is 17.3. The van der Waals surface area contributed by atoms with Gasteiger partial charge < -0.3 is 14.2 Å². The van der Waals surface area contributed by atoms with Crippen LogP contribution < -0.4 is 0 Å². The van der Waals surface area contributed by atoms with E-state index in [-0.39, 0.29) is 6.04 Å². The van der Waals surface area contributed by atoms with Gasteiger partial charge in [0.25, 0.3) is 0 Å². The summed E-state index contributed by atoms with van der Waals surface area (Å²) in [5, 5.41) is 18.1. The van der Waals surface area contributed by atoms with Gasteiger partial charge in [-0.05, 0) is 51.0 Å². The van der Waals surface area contributed by atoms with E-state index >= 15 is 0 Å². The standard InChI is InChI=1S/C29H26N4O2S/c1-17-26(18(2)35-32-17)20-12-25-27(30-14-20)22-11-10-21(29(3,4)34)13-24(22)33(25)28(23-15-36-16-31-23)19-8-6-5-7-9-19/h5-16,28,34H,1-4H3/t28-/m0/s1. The lowest BCUT2D eigenvalue weighted by molar-refractivity contribution is 0.0787. The summed E-state index contributed by atoms with van der Waals surface area (Å²) < 4.78 is 7.76. The third-order valence-electron chi connectivity index (χ3n) is 6.77. The molecule has 7 heteroatoms. The van der Waals surface area contributed by atoms with Crippen LogP contribution in [0, 0.1) is 13.8 Å². The van der Waals surface area contributed by atoms with Gasteiger partial charge in [0, 0.05) is 28.1 Å². The van der Waals surface area contributed by atoms with Gasteiger partial charge in [-0.15, -0.1) is 11.3 Å². The Labute approximate surface area is 212 Å². The molecular weight excluding hydrogens is 468 g/mol. The number of thiazole rings is 1. The largest absolute Gasteiger partial charge is 0.386 e. The van der Waals surface area contributed by atoms with E-state index in [0.29, 0.717) is 0 Å². The molecule has 0 saturated carbocycles. The van der Waals surface area contributed by atoms with Gasteiger partial charge in [-0.1, -0.05) is 47.6 Å². The predicted molar refractivity (Wildman–Crippen MR) is 143 cm³/mol. The smallest absolute Gasteiger partial charge is 0.141 e. The van der Waals surface area contributed by atoms with E-state index < -0.39 is 5.60 Å². The molecule has 0 fully saturated rings. The Morgan fingerprint density at radius 3 is 2.47 bits per heavy atom. The second kappa shape index (κ2) is 8.40. The second-order valence-electron chi connectivity index (χ2n) is 9.68. The zero-order chi connectivity index (χ0) is 25.0. The predicted octanol–water partition coefficient (Wildman–Crippen LogP) is 6.78. The van der Waals surface area contributed by atoms with Crippen molar-refractivity contribution in [1.29, 1.82) is 0 Å². The molecule has 0 aliphatic carbocycles. The van der Waals surface area contributed by atoms with Crippen LogP contribution in [0.2, 0.25) is 0 Å². The number of rotatable bonds is 5. The molecule has 6 nitrogen and oxygen atoms in total. The lowest BCUT2D eigenvalue weighted by Crippen LogP contribution is -2.16. The molecule has 6 rings (SSSR count). The monoisotopic (exact) mass is 494 g/mol. The number of benzene rings is 2. The molecule has 0 radical (unpaired) electrons. The first-order valence-electron chi connectivity index (χ1n) is 11.9. The Bertz CT molecular complexity index is 1670. The molecule has 180 valence electrons. The molecule has 4 heterocycles. The average molecular weight is 495 g/mol. The summed E-state index contributed by atoms with van der Waals surface area (Å²) in [5.74, 6) is 0.764. The maximum atomic E-state index is 10.8. The van der Waals surface area contributed by atoms with E-state index in [1.54, 1.807) is 11.3 Å². The Kier molecular flexibility index (Phi) is 5.28. The van der Waals surface area contributed by atoms with E-state index in [4.69, 9.17) is 14.5 Å². The number of fused-ring (bicyclic) bond motifs is 3. The molecule has 1 atom stereocenters. The van der Waals surface area contributed by atoms with Crippen LogP contribution in [-0.2, 0) is 5.60 Å². The molecule has 0 aliphatic heterocycles. The van der Waals surface area contributed by atoms with Crippen molar-refractivity contribution in [3.8, 4) is 11.1 Å². The lowest BCUT2D eigenvalue weighted by Gasteiger charge is -2.22. The van der Waals surface area contributed by atoms with Crippen LogP contribution in [0.5, 0.6) is 0 Å². The SMILES string of the molecule is Cc1noc(C)c1-c1cnc2c3ccc(C(C)(C)O)cc3n([C@@H](c3ccccc3)c3cscn3)c2c1. The number of aryl methyl sites for hydroxylation is 2. The minimum atomic E-state index is -0.979. The minimum absolute atomic E-state index is 0.170. The van der Waals surface area contributed by atoms with Gasteiger partial charge in [0.05, 0.1) is 39.0 Å². The highest BCUT2D eigenvalue weighted by Crippen LogP contribution is 2.40. The zero-order valence-corrected chi connectivity index (χ0v) is 21.4. The molecule has 36 heavy (non-hydrogen) atoms. The topological polar surface area (TPSA) is 77.0 Å². The van der Waals surface area contributed by atoms with Gasteiger partial charge in [0.15, 0.2) is 0 Å². The summed E-state index contributed by atoms with van der Waals surface area (Å²) in [7, 11) is 0. The maximum Gasteiger partial charge on any atom is 0.141 e. The summed E-state index contributed by atoms with van der Waals surface area (Å²) >= 11 is 1.58. The molecule has 1 N–H and O–H groups in total. The molecule has 0 unspecified atom stereocenters. The number of pyridine rings is 1. The first-order valence-corrected chi connectivity index (χ1v) is 12.8. The van der Waals surface area contributed by atoms with Crippen LogP contribution in [0.3, 0.4) is 0 Å². The van der Waals surface area contributed by atoms with Gasteiger partial charge >= 0.3 is 0 Å². The molecule has 0 amide bonds. The Morgan fingerprint density at radius 1 is 1.00 bits per heavy atom. The summed E-state index contributed by atoms with van der Waals surface area (Å²) in [6.45, 7) is 7.49. The number of nitrogens with zero attached hydrogens (tertiary/aromatic N) is 4. The molecular formula is C29H26N4O2S. The Balaban J connectivity index is 1.74. The van der Waals surface area contributed by atoms with E-state index in [1.807, 2.05) is 51.5 Å². The molecule has 0 bridgehead atoms. The fourth-order valence-electron chi connectivity index (χ4n) is 5.04. The normalized spacial score (nSPS) is 13.0. The van der Waals surface area contributed by atoms with E-state index in [9.17, 15) is 5.11 Å². The lowest BCUT2D eigenvalue weighted by atomic mass is 9.97. The van der Waals surface area contributed by atoms with E-state index in [1.165, 1.54) is 0 Å². The highest BCUT2D eigenvalue weighted by atomic mass is 32.1. The highest BCUT2D eigenvalue weighted by Gasteiger charge is 2.26. The fraction of sp³-hybridized carbons (Fsp3) is 0.207. The fourth-order valence-corrected chi connectivity index (χ4v) is 5.61. The molecule has 6 aromatic rings.